The molecule has 0 aliphatic heterocycles. The molecule has 226 valence electrons. The predicted molar refractivity (Wildman–Crippen MR) is 206 cm³/mol. The van der Waals surface area contributed by atoms with Crippen molar-refractivity contribution < 1.29 is 0 Å². The Balaban J connectivity index is 1.24. The van der Waals surface area contributed by atoms with Gasteiger partial charge in [0.15, 0.2) is 0 Å². The van der Waals surface area contributed by atoms with Gasteiger partial charge in [0.1, 0.15) is 5.01 Å². The molecule has 9 rings (SSSR count). The van der Waals surface area contributed by atoms with Crippen molar-refractivity contribution in [2.75, 3.05) is 4.90 Å². The van der Waals surface area contributed by atoms with Crippen molar-refractivity contribution in [1.29, 1.82) is 0 Å². The van der Waals surface area contributed by atoms with E-state index in [0.29, 0.717) is 0 Å². The first-order chi connectivity index (χ1) is 23.8. The molecule has 0 aliphatic carbocycles. The van der Waals surface area contributed by atoms with Crippen molar-refractivity contribution in [1.82, 2.24) is 4.98 Å². The number of aromatic nitrogens is 1. The molecule has 8 aromatic carbocycles. The average Bonchev–Trinajstić information content (AvgIpc) is 3.63. The van der Waals surface area contributed by atoms with Crippen LogP contribution in [0.2, 0.25) is 0 Å². The van der Waals surface area contributed by atoms with Gasteiger partial charge in [0.25, 0.3) is 0 Å². The van der Waals surface area contributed by atoms with Gasteiger partial charge in [0.05, 0.1) is 10.2 Å². The van der Waals surface area contributed by atoms with Gasteiger partial charge >= 0.3 is 0 Å². The minimum Gasteiger partial charge on any atom is -0.310 e. The Kier molecular flexibility index (Phi) is 7.03. The molecule has 3 heteroatoms. The van der Waals surface area contributed by atoms with Crippen LogP contribution in [0, 0.1) is 0 Å². The first-order valence-corrected chi connectivity index (χ1v) is 17.0. The van der Waals surface area contributed by atoms with E-state index >= 15 is 0 Å². The fraction of sp³-hybridized carbons (Fsp3) is 0. The molecule has 1 heterocycles. The van der Waals surface area contributed by atoms with Gasteiger partial charge in [-0.2, -0.15) is 0 Å². The van der Waals surface area contributed by atoms with E-state index in [2.05, 4.69) is 187 Å². The molecule has 0 fully saturated rings. The Morgan fingerprint density at radius 1 is 0.354 bits per heavy atom. The second-order valence-electron chi connectivity index (χ2n) is 12.0. The van der Waals surface area contributed by atoms with E-state index in [1.807, 2.05) is 0 Å². The normalized spacial score (nSPS) is 11.3. The Bertz CT molecular complexity index is 2440. The SMILES string of the molecule is c1ccc(-c2ccc(N(c3ccc(-c4ccccc4)cc3)c3ccc4c5ccccc5c5sc(-c6ccccc6)nc5c4c3)cc2)cc1. The molecule has 0 saturated heterocycles. The van der Waals surface area contributed by atoms with E-state index in [4.69, 9.17) is 4.98 Å². The molecule has 0 spiro atoms. The van der Waals surface area contributed by atoms with E-state index in [9.17, 15) is 0 Å². The van der Waals surface area contributed by atoms with Gasteiger partial charge in [-0.15, -0.1) is 11.3 Å². The van der Waals surface area contributed by atoms with Crippen LogP contribution >= 0.6 is 11.3 Å². The number of anilines is 3. The molecule has 48 heavy (non-hydrogen) atoms. The van der Waals surface area contributed by atoms with Crippen molar-refractivity contribution in [3.63, 3.8) is 0 Å². The molecule has 0 N–H and O–H groups in total. The number of hydrogen-bond acceptors (Lipinski definition) is 3. The van der Waals surface area contributed by atoms with Crippen LogP contribution in [0.3, 0.4) is 0 Å². The van der Waals surface area contributed by atoms with Crippen LogP contribution < -0.4 is 4.90 Å². The zero-order chi connectivity index (χ0) is 31.9. The second kappa shape index (κ2) is 12.0. The van der Waals surface area contributed by atoms with E-state index < -0.39 is 0 Å². The van der Waals surface area contributed by atoms with E-state index in [0.717, 1.165) is 38.5 Å². The number of fused-ring (bicyclic) bond motifs is 6. The number of thiazole rings is 1. The zero-order valence-corrected chi connectivity index (χ0v) is 26.9. The van der Waals surface area contributed by atoms with Crippen molar-refractivity contribution in [2.24, 2.45) is 0 Å². The Morgan fingerprint density at radius 2 is 0.792 bits per heavy atom. The Morgan fingerprint density at radius 3 is 1.35 bits per heavy atom. The number of benzene rings is 8. The summed E-state index contributed by atoms with van der Waals surface area (Å²) in [7, 11) is 0. The molecular formula is C45H30N2S. The largest absolute Gasteiger partial charge is 0.310 e. The minimum atomic E-state index is 1.04. The van der Waals surface area contributed by atoms with E-state index in [1.165, 1.54) is 43.1 Å². The summed E-state index contributed by atoms with van der Waals surface area (Å²) < 4.78 is 1.22. The lowest BCUT2D eigenvalue weighted by atomic mass is 9.99. The summed E-state index contributed by atoms with van der Waals surface area (Å²) in [6.45, 7) is 0. The van der Waals surface area contributed by atoms with E-state index in [-0.39, 0.29) is 0 Å². The number of rotatable bonds is 6. The quantitative estimate of drug-likeness (QED) is 0.170. The highest BCUT2D eigenvalue weighted by Crippen LogP contribution is 2.44. The molecule has 0 aliphatic rings. The van der Waals surface area contributed by atoms with Crippen LogP contribution in [0.1, 0.15) is 0 Å². The van der Waals surface area contributed by atoms with Crippen LogP contribution in [0.4, 0.5) is 17.1 Å². The van der Waals surface area contributed by atoms with Gasteiger partial charge in [-0.3, -0.25) is 0 Å². The smallest absolute Gasteiger partial charge is 0.124 e. The van der Waals surface area contributed by atoms with Gasteiger partial charge in [-0.25, -0.2) is 4.98 Å². The molecule has 0 radical (unpaired) electrons. The van der Waals surface area contributed by atoms with Crippen molar-refractivity contribution >= 4 is 60.2 Å². The maximum Gasteiger partial charge on any atom is 0.124 e. The molecule has 0 amide bonds. The molecule has 2 nitrogen and oxygen atoms in total. The second-order valence-corrected chi connectivity index (χ2v) is 13.0. The fourth-order valence-electron chi connectivity index (χ4n) is 6.72. The third-order valence-electron chi connectivity index (χ3n) is 9.09. The summed E-state index contributed by atoms with van der Waals surface area (Å²) in [4.78, 5) is 7.65. The van der Waals surface area contributed by atoms with Crippen molar-refractivity contribution in [2.45, 2.75) is 0 Å². The summed E-state index contributed by atoms with van der Waals surface area (Å²) in [6, 6.07) is 65.0. The Hall–Kier alpha value is -6.03. The lowest BCUT2D eigenvalue weighted by Gasteiger charge is -2.26. The lowest BCUT2D eigenvalue weighted by molar-refractivity contribution is 1.29. The van der Waals surface area contributed by atoms with Crippen molar-refractivity contribution in [3.8, 4) is 32.8 Å². The molecule has 9 aromatic rings. The topological polar surface area (TPSA) is 16.1 Å². The fourth-order valence-corrected chi connectivity index (χ4v) is 7.85. The Labute approximate surface area is 283 Å². The highest BCUT2D eigenvalue weighted by Gasteiger charge is 2.18. The first-order valence-electron chi connectivity index (χ1n) is 16.2. The van der Waals surface area contributed by atoms with Gasteiger partial charge in [-0.05, 0) is 69.4 Å². The highest BCUT2D eigenvalue weighted by atomic mass is 32.1. The molecule has 0 atom stereocenters. The van der Waals surface area contributed by atoms with Crippen LogP contribution in [0.25, 0.3) is 64.6 Å². The number of nitrogens with zero attached hydrogens (tertiary/aromatic N) is 2. The van der Waals surface area contributed by atoms with Crippen LogP contribution in [-0.2, 0) is 0 Å². The summed E-state index contributed by atoms with van der Waals surface area (Å²) >= 11 is 1.78. The molecule has 0 saturated carbocycles. The van der Waals surface area contributed by atoms with Gasteiger partial charge < -0.3 is 4.90 Å². The molecule has 0 unspecified atom stereocenters. The third-order valence-corrected chi connectivity index (χ3v) is 10.2. The summed E-state index contributed by atoms with van der Waals surface area (Å²) in [5.41, 5.74) is 10.3. The van der Waals surface area contributed by atoms with E-state index in [1.54, 1.807) is 11.3 Å². The minimum absolute atomic E-state index is 1.04. The summed E-state index contributed by atoms with van der Waals surface area (Å²) in [6.07, 6.45) is 0. The summed E-state index contributed by atoms with van der Waals surface area (Å²) in [5, 5.41) is 5.91. The maximum atomic E-state index is 5.30. The molecular weight excluding hydrogens is 601 g/mol. The van der Waals surface area contributed by atoms with Gasteiger partial charge in [-0.1, -0.05) is 146 Å². The van der Waals surface area contributed by atoms with Gasteiger partial charge in [0.2, 0.25) is 0 Å². The monoisotopic (exact) mass is 630 g/mol. The molecule has 1 aromatic heterocycles. The van der Waals surface area contributed by atoms with Crippen molar-refractivity contribution in [3.05, 3.63) is 182 Å². The first kappa shape index (κ1) is 28.2. The highest BCUT2D eigenvalue weighted by molar-refractivity contribution is 7.22. The number of hydrogen-bond donors (Lipinski definition) is 0. The van der Waals surface area contributed by atoms with Crippen LogP contribution in [-0.4, -0.2) is 4.98 Å². The zero-order valence-electron chi connectivity index (χ0n) is 26.1. The predicted octanol–water partition coefficient (Wildman–Crippen LogP) is 13.1. The lowest BCUT2D eigenvalue weighted by Crippen LogP contribution is -2.10. The summed E-state index contributed by atoms with van der Waals surface area (Å²) in [5.74, 6) is 0. The standard InChI is InChI=1S/C45H30N2S/c1-4-12-31(13-5-1)33-20-24-36(25-21-33)47(37-26-22-34(23-27-37)32-14-6-2-7-15-32)38-28-29-40-39-18-10-11-19-41(39)44-43(42(40)30-38)46-45(48-44)35-16-8-3-9-17-35/h1-30H. The van der Waals surface area contributed by atoms with Crippen LogP contribution in [0.5, 0.6) is 0 Å². The van der Waals surface area contributed by atoms with Crippen LogP contribution in [0.15, 0.2) is 182 Å². The van der Waals surface area contributed by atoms with Gasteiger partial charge in [0, 0.05) is 33.4 Å². The molecule has 0 bridgehead atoms. The third kappa shape index (κ3) is 5.02. The maximum absolute atomic E-state index is 5.30. The average molecular weight is 631 g/mol.